The fraction of sp³-hybridized carbons (Fsp3) is 1.00. The molecule has 5 heteroatoms. The Bertz CT molecular complexity index is 289. The Kier molecular flexibility index (Phi) is 2.81. The minimum atomic E-state index is -2.74. The predicted octanol–water partition coefficient (Wildman–Crippen LogP) is -0.324. The summed E-state index contributed by atoms with van der Waals surface area (Å²) in [7, 11) is -2.74. The molecule has 0 amide bonds. The number of nitrogens with one attached hydrogen (secondary N) is 1. The van der Waals surface area contributed by atoms with E-state index < -0.39 is 9.84 Å². The second-order valence-corrected chi connectivity index (χ2v) is 6.55. The van der Waals surface area contributed by atoms with Gasteiger partial charge in [-0.3, -0.25) is 0 Å². The molecule has 0 spiro atoms. The lowest BCUT2D eigenvalue weighted by atomic mass is 9.92. The summed E-state index contributed by atoms with van der Waals surface area (Å²) in [6.07, 6.45) is 3.75. The molecule has 0 radical (unpaired) electrons. The zero-order valence-corrected chi connectivity index (χ0v) is 8.96. The summed E-state index contributed by atoms with van der Waals surface area (Å²) < 4.78 is 21.8. The van der Waals surface area contributed by atoms with E-state index >= 15 is 0 Å². The van der Waals surface area contributed by atoms with Gasteiger partial charge in [0, 0.05) is 12.1 Å². The van der Waals surface area contributed by atoms with Gasteiger partial charge in [0.2, 0.25) is 0 Å². The Labute approximate surface area is 84.6 Å². The van der Waals surface area contributed by atoms with Crippen LogP contribution in [0.25, 0.3) is 0 Å². The smallest absolute Gasteiger partial charge is 0.153 e. The second-order valence-electron chi connectivity index (χ2n) is 4.40. The van der Waals surface area contributed by atoms with Crippen molar-refractivity contribution >= 4 is 9.84 Å². The lowest BCUT2D eigenvalue weighted by molar-refractivity contribution is 0.0865. The maximum atomic E-state index is 10.9. The first-order valence-electron chi connectivity index (χ1n) is 5.21. The maximum Gasteiger partial charge on any atom is 0.153 e. The molecule has 1 aliphatic heterocycles. The molecule has 2 N–H and O–H groups in total. The SMILES string of the molecule is O=S1(=O)CC(N[C@H]2CCCC[C@@H]2O)C1. The molecule has 1 aliphatic carbocycles. The van der Waals surface area contributed by atoms with E-state index in [1.807, 2.05) is 0 Å². The van der Waals surface area contributed by atoms with Crippen LogP contribution in [0, 0.1) is 0 Å². The number of rotatable bonds is 2. The molecule has 0 aromatic heterocycles. The van der Waals surface area contributed by atoms with Crippen molar-refractivity contribution in [2.24, 2.45) is 0 Å². The van der Waals surface area contributed by atoms with Gasteiger partial charge in [0.25, 0.3) is 0 Å². The van der Waals surface area contributed by atoms with Crippen molar-refractivity contribution in [2.75, 3.05) is 11.5 Å². The minimum absolute atomic E-state index is 0.0812. The van der Waals surface area contributed by atoms with Crippen molar-refractivity contribution in [1.82, 2.24) is 5.32 Å². The number of hydrogen-bond donors (Lipinski definition) is 2. The largest absolute Gasteiger partial charge is 0.392 e. The Morgan fingerprint density at radius 1 is 1.14 bits per heavy atom. The van der Waals surface area contributed by atoms with Crippen LogP contribution in [0.5, 0.6) is 0 Å². The van der Waals surface area contributed by atoms with Crippen molar-refractivity contribution in [1.29, 1.82) is 0 Å². The highest BCUT2D eigenvalue weighted by molar-refractivity contribution is 7.92. The highest BCUT2D eigenvalue weighted by Crippen LogP contribution is 2.20. The normalized spacial score (nSPS) is 37.8. The van der Waals surface area contributed by atoms with Gasteiger partial charge in [-0.25, -0.2) is 8.42 Å². The molecule has 2 atom stereocenters. The first-order chi connectivity index (χ1) is 6.57. The molecular weight excluding hydrogens is 202 g/mol. The highest BCUT2D eigenvalue weighted by Gasteiger charge is 2.36. The summed E-state index contributed by atoms with van der Waals surface area (Å²) in [5, 5.41) is 12.9. The summed E-state index contributed by atoms with van der Waals surface area (Å²) in [6.45, 7) is 0. The molecule has 14 heavy (non-hydrogen) atoms. The summed E-state index contributed by atoms with van der Waals surface area (Å²) in [5.74, 6) is 0.493. The first kappa shape index (κ1) is 10.4. The van der Waals surface area contributed by atoms with Gasteiger partial charge in [-0.05, 0) is 12.8 Å². The highest BCUT2D eigenvalue weighted by atomic mass is 32.2. The van der Waals surface area contributed by atoms with Gasteiger partial charge in [0.15, 0.2) is 9.84 Å². The molecular formula is C9H17NO3S. The van der Waals surface area contributed by atoms with Crippen molar-refractivity contribution < 1.29 is 13.5 Å². The van der Waals surface area contributed by atoms with Crippen LogP contribution in [0.3, 0.4) is 0 Å². The monoisotopic (exact) mass is 219 g/mol. The standard InChI is InChI=1S/C9H17NO3S/c11-9-4-2-1-3-8(9)10-7-5-14(12,13)6-7/h7-11H,1-6H2/t8-,9-/m0/s1. The fourth-order valence-corrected chi connectivity index (χ4v) is 3.59. The van der Waals surface area contributed by atoms with E-state index in [2.05, 4.69) is 5.32 Å². The van der Waals surface area contributed by atoms with Gasteiger partial charge in [-0.2, -0.15) is 0 Å². The van der Waals surface area contributed by atoms with E-state index in [0.29, 0.717) is 0 Å². The van der Waals surface area contributed by atoms with Gasteiger partial charge < -0.3 is 10.4 Å². The third-order valence-corrected chi connectivity index (χ3v) is 4.91. The third-order valence-electron chi connectivity index (χ3n) is 3.09. The predicted molar refractivity (Wildman–Crippen MR) is 53.8 cm³/mol. The Hall–Kier alpha value is -0.130. The number of aliphatic hydroxyl groups is 1. The minimum Gasteiger partial charge on any atom is -0.392 e. The van der Waals surface area contributed by atoms with Gasteiger partial charge in [-0.1, -0.05) is 12.8 Å². The molecule has 2 aliphatic rings. The molecule has 1 heterocycles. The molecule has 2 rings (SSSR count). The molecule has 4 nitrogen and oxygen atoms in total. The van der Waals surface area contributed by atoms with Crippen molar-refractivity contribution in [3.63, 3.8) is 0 Å². The van der Waals surface area contributed by atoms with Crippen LogP contribution < -0.4 is 5.32 Å². The summed E-state index contributed by atoms with van der Waals surface area (Å²) >= 11 is 0. The van der Waals surface area contributed by atoms with Crippen LogP contribution in [0.1, 0.15) is 25.7 Å². The van der Waals surface area contributed by atoms with Crippen LogP contribution in [0.15, 0.2) is 0 Å². The van der Waals surface area contributed by atoms with E-state index in [4.69, 9.17) is 0 Å². The Morgan fingerprint density at radius 3 is 2.36 bits per heavy atom. The van der Waals surface area contributed by atoms with Crippen molar-refractivity contribution in [3.8, 4) is 0 Å². The number of aliphatic hydroxyl groups excluding tert-OH is 1. The van der Waals surface area contributed by atoms with Crippen LogP contribution in [-0.2, 0) is 9.84 Å². The molecule has 0 bridgehead atoms. The van der Waals surface area contributed by atoms with Crippen LogP contribution in [0.2, 0.25) is 0 Å². The van der Waals surface area contributed by atoms with Gasteiger partial charge in [0.05, 0.1) is 17.6 Å². The Balaban J connectivity index is 1.80. The van der Waals surface area contributed by atoms with E-state index in [1.54, 1.807) is 0 Å². The van der Waals surface area contributed by atoms with Crippen LogP contribution in [0.4, 0.5) is 0 Å². The molecule has 0 unspecified atom stereocenters. The maximum absolute atomic E-state index is 10.9. The third kappa shape index (κ3) is 2.27. The first-order valence-corrected chi connectivity index (χ1v) is 7.03. The second kappa shape index (κ2) is 3.79. The molecule has 2 fully saturated rings. The van der Waals surface area contributed by atoms with Gasteiger partial charge in [-0.15, -0.1) is 0 Å². The van der Waals surface area contributed by atoms with Crippen molar-refractivity contribution in [3.05, 3.63) is 0 Å². The average Bonchev–Trinajstić information content (AvgIpc) is 2.05. The topological polar surface area (TPSA) is 66.4 Å². The van der Waals surface area contributed by atoms with Crippen molar-refractivity contribution in [2.45, 2.75) is 43.9 Å². The molecule has 0 aromatic carbocycles. The van der Waals surface area contributed by atoms with Crippen LogP contribution in [-0.4, -0.2) is 43.2 Å². The molecule has 82 valence electrons. The number of hydrogen-bond acceptors (Lipinski definition) is 4. The lowest BCUT2D eigenvalue weighted by Gasteiger charge is -2.35. The zero-order valence-electron chi connectivity index (χ0n) is 8.15. The van der Waals surface area contributed by atoms with Crippen LogP contribution >= 0.6 is 0 Å². The van der Waals surface area contributed by atoms with E-state index in [9.17, 15) is 13.5 Å². The van der Waals surface area contributed by atoms with E-state index in [0.717, 1.165) is 25.7 Å². The summed E-state index contributed by atoms with van der Waals surface area (Å²) in [6, 6.07) is 0.196. The van der Waals surface area contributed by atoms with Gasteiger partial charge in [0.1, 0.15) is 0 Å². The summed E-state index contributed by atoms with van der Waals surface area (Å²) in [5.41, 5.74) is 0. The Morgan fingerprint density at radius 2 is 1.79 bits per heavy atom. The number of sulfone groups is 1. The molecule has 1 saturated heterocycles. The van der Waals surface area contributed by atoms with Gasteiger partial charge >= 0.3 is 0 Å². The fourth-order valence-electron chi connectivity index (χ4n) is 2.27. The van der Waals surface area contributed by atoms with E-state index in [1.165, 1.54) is 0 Å². The summed E-state index contributed by atoms with van der Waals surface area (Å²) in [4.78, 5) is 0. The van der Waals surface area contributed by atoms with E-state index in [-0.39, 0.29) is 29.7 Å². The molecule has 1 saturated carbocycles. The average molecular weight is 219 g/mol. The molecule has 0 aromatic rings. The quantitative estimate of drug-likeness (QED) is 0.668. The lowest BCUT2D eigenvalue weighted by Crippen LogP contribution is -2.57. The zero-order chi connectivity index (χ0) is 10.2.